The van der Waals surface area contributed by atoms with Crippen molar-refractivity contribution in [3.63, 3.8) is 0 Å². The number of carbonyl (C=O) groups is 1. The van der Waals surface area contributed by atoms with Crippen molar-refractivity contribution in [2.24, 2.45) is 5.73 Å². The van der Waals surface area contributed by atoms with E-state index in [1.807, 2.05) is 0 Å². The van der Waals surface area contributed by atoms with Gasteiger partial charge in [-0.3, -0.25) is 4.79 Å². The van der Waals surface area contributed by atoms with Crippen molar-refractivity contribution in [3.05, 3.63) is 45.1 Å². The quantitative estimate of drug-likeness (QED) is 0.855. The van der Waals surface area contributed by atoms with E-state index in [0.717, 1.165) is 4.88 Å². The molecule has 2 aromatic rings. The number of thiophene rings is 1. The summed E-state index contributed by atoms with van der Waals surface area (Å²) in [5.41, 5.74) is 5.82. The molecule has 2 rings (SSSR count). The van der Waals surface area contributed by atoms with E-state index in [0.29, 0.717) is 27.9 Å². The minimum atomic E-state index is -0.240. The zero-order valence-corrected chi connectivity index (χ0v) is 12.8. The number of carbonyl (C=O) groups excluding carboxylic acids is 1. The topological polar surface area (TPSA) is 64.3 Å². The van der Waals surface area contributed by atoms with Gasteiger partial charge in [-0.2, -0.15) is 0 Å². The summed E-state index contributed by atoms with van der Waals surface area (Å²) in [4.78, 5) is 13.5. The van der Waals surface area contributed by atoms with Crippen molar-refractivity contribution in [2.45, 2.75) is 0 Å². The summed E-state index contributed by atoms with van der Waals surface area (Å²) >= 11 is 7.36. The molecule has 0 aliphatic heterocycles. The molecule has 1 aromatic heterocycles. The van der Waals surface area contributed by atoms with Gasteiger partial charge in [0.2, 0.25) is 0 Å². The molecule has 0 aliphatic carbocycles. The van der Waals surface area contributed by atoms with Crippen LogP contribution in [-0.4, -0.2) is 19.6 Å². The third-order valence-electron chi connectivity index (χ3n) is 2.57. The lowest BCUT2D eigenvalue weighted by atomic mass is 10.3. The van der Waals surface area contributed by atoms with E-state index in [-0.39, 0.29) is 5.91 Å². The molecule has 0 bridgehead atoms. The van der Waals surface area contributed by atoms with E-state index in [4.69, 9.17) is 22.1 Å². The number of nitrogens with one attached hydrogen (secondary N) is 1. The Bertz CT molecular complexity index is 716. The van der Waals surface area contributed by atoms with Crippen LogP contribution in [0.15, 0.2) is 30.3 Å². The maximum Gasteiger partial charge on any atom is 0.265 e. The average molecular weight is 321 g/mol. The number of hydrogen-bond donors (Lipinski definition) is 2. The molecule has 3 N–H and O–H groups in total. The first-order chi connectivity index (χ1) is 10.1. The summed E-state index contributed by atoms with van der Waals surface area (Å²) in [6.07, 6.45) is 0. The highest BCUT2D eigenvalue weighted by Crippen LogP contribution is 2.27. The van der Waals surface area contributed by atoms with Gasteiger partial charge in [0.25, 0.3) is 5.91 Å². The van der Waals surface area contributed by atoms with Crippen molar-refractivity contribution in [1.29, 1.82) is 0 Å². The standard InChI is InChI=1S/C15H13ClN2O2S/c1-20-10-4-6-12(16)13(9-10)18-15(19)14-7-5-11(21-14)3-2-8-17/h4-7,9H,8,17H2,1H3,(H,18,19). The Balaban J connectivity index is 2.16. The van der Waals surface area contributed by atoms with Crippen LogP contribution in [0.2, 0.25) is 5.02 Å². The van der Waals surface area contributed by atoms with Gasteiger partial charge in [0.15, 0.2) is 0 Å². The van der Waals surface area contributed by atoms with Crippen LogP contribution in [0, 0.1) is 11.8 Å². The van der Waals surface area contributed by atoms with Crippen LogP contribution in [0.4, 0.5) is 5.69 Å². The zero-order valence-electron chi connectivity index (χ0n) is 11.3. The van der Waals surface area contributed by atoms with Crippen molar-refractivity contribution in [2.75, 3.05) is 19.0 Å². The van der Waals surface area contributed by atoms with Crippen molar-refractivity contribution < 1.29 is 9.53 Å². The molecule has 21 heavy (non-hydrogen) atoms. The van der Waals surface area contributed by atoms with Gasteiger partial charge >= 0.3 is 0 Å². The maximum absolute atomic E-state index is 12.2. The first-order valence-corrected chi connectivity index (χ1v) is 7.27. The molecule has 1 heterocycles. The van der Waals surface area contributed by atoms with E-state index >= 15 is 0 Å². The van der Waals surface area contributed by atoms with E-state index in [1.165, 1.54) is 11.3 Å². The Labute approximate surface area is 131 Å². The van der Waals surface area contributed by atoms with Crippen LogP contribution in [0.5, 0.6) is 5.75 Å². The van der Waals surface area contributed by atoms with Gasteiger partial charge in [-0.25, -0.2) is 0 Å². The molecule has 6 heteroatoms. The van der Waals surface area contributed by atoms with Gasteiger partial charge in [0.1, 0.15) is 5.75 Å². The number of methoxy groups -OCH3 is 1. The van der Waals surface area contributed by atoms with Gasteiger partial charge in [0.05, 0.1) is 34.1 Å². The van der Waals surface area contributed by atoms with Crippen LogP contribution >= 0.6 is 22.9 Å². The van der Waals surface area contributed by atoms with Crippen molar-refractivity contribution in [3.8, 4) is 17.6 Å². The molecule has 0 spiro atoms. The Kier molecular flexibility index (Phi) is 5.23. The van der Waals surface area contributed by atoms with Gasteiger partial charge in [-0.15, -0.1) is 11.3 Å². The molecule has 0 saturated heterocycles. The van der Waals surface area contributed by atoms with Crippen LogP contribution in [-0.2, 0) is 0 Å². The third-order valence-corrected chi connectivity index (χ3v) is 3.89. The second kappa shape index (κ2) is 7.14. The predicted octanol–water partition coefficient (Wildman–Crippen LogP) is 2.97. The van der Waals surface area contributed by atoms with Gasteiger partial charge in [-0.05, 0) is 24.3 Å². The van der Waals surface area contributed by atoms with Gasteiger partial charge in [0, 0.05) is 6.07 Å². The minimum Gasteiger partial charge on any atom is -0.497 e. The molecule has 4 nitrogen and oxygen atoms in total. The molecule has 1 aromatic carbocycles. The maximum atomic E-state index is 12.2. The zero-order chi connectivity index (χ0) is 15.2. The van der Waals surface area contributed by atoms with Gasteiger partial charge in [-0.1, -0.05) is 23.4 Å². The van der Waals surface area contributed by atoms with E-state index in [2.05, 4.69) is 17.2 Å². The predicted molar refractivity (Wildman–Crippen MR) is 86.2 cm³/mol. The monoisotopic (exact) mass is 320 g/mol. The Morgan fingerprint density at radius 2 is 2.24 bits per heavy atom. The number of amides is 1. The lowest BCUT2D eigenvalue weighted by molar-refractivity contribution is 0.103. The number of benzene rings is 1. The minimum absolute atomic E-state index is 0.240. The summed E-state index contributed by atoms with van der Waals surface area (Å²) in [5.74, 6) is 6.02. The summed E-state index contributed by atoms with van der Waals surface area (Å²) in [7, 11) is 1.55. The van der Waals surface area contributed by atoms with E-state index in [1.54, 1.807) is 37.4 Å². The first-order valence-electron chi connectivity index (χ1n) is 6.07. The number of halogens is 1. The smallest absolute Gasteiger partial charge is 0.265 e. The average Bonchev–Trinajstić information content (AvgIpc) is 2.96. The Morgan fingerprint density at radius 1 is 1.43 bits per heavy atom. The number of anilines is 1. The molecule has 0 atom stereocenters. The van der Waals surface area contributed by atoms with Crippen LogP contribution < -0.4 is 15.8 Å². The van der Waals surface area contributed by atoms with Crippen molar-refractivity contribution in [1.82, 2.24) is 0 Å². The molecule has 0 unspecified atom stereocenters. The number of ether oxygens (including phenoxy) is 1. The Hall–Kier alpha value is -2.00. The highest BCUT2D eigenvalue weighted by molar-refractivity contribution is 7.14. The summed E-state index contributed by atoms with van der Waals surface area (Å²) in [5, 5.41) is 3.21. The number of hydrogen-bond acceptors (Lipinski definition) is 4. The second-order valence-electron chi connectivity index (χ2n) is 3.97. The summed E-state index contributed by atoms with van der Waals surface area (Å²) in [6, 6.07) is 8.57. The lowest BCUT2D eigenvalue weighted by Crippen LogP contribution is -2.10. The number of rotatable bonds is 3. The van der Waals surface area contributed by atoms with Gasteiger partial charge < -0.3 is 15.8 Å². The van der Waals surface area contributed by atoms with E-state index in [9.17, 15) is 4.79 Å². The fourth-order valence-electron chi connectivity index (χ4n) is 1.58. The van der Waals surface area contributed by atoms with E-state index < -0.39 is 0 Å². The highest BCUT2D eigenvalue weighted by Gasteiger charge is 2.11. The molecular formula is C15H13ClN2O2S. The lowest BCUT2D eigenvalue weighted by Gasteiger charge is -2.08. The molecule has 1 amide bonds. The SMILES string of the molecule is COc1ccc(Cl)c(NC(=O)c2ccc(C#CCN)s2)c1. The first kappa shape index (κ1) is 15.4. The summed E-state index contributed by atoms with van der Waals surface area (Å²) in [6.45, 7) is 0.291. The Morgan fingerprint density at radius 3 is 2.95 bits per heavy atom. The fourth-order valence-corrected chi connectivity index (χ4v) is 2.52. The normalized spacial score (nSPS) is 9.67. The highest BCUT2D eigenvalue weighted by atomic mass is 35.5. The fraction of sp³-hybridized carbons (Fsp3) is 0.133. The van der Waals surface area contributed by atoms with Crippen LogP contribution in [0.1, 0.15) is 14.5 Å². The molecule has 0 radical (unpaired) electrons. The molecule has 0 aliphatic rings. The second-order valence-corrected chi connectivity index (χ2v) is 5.46. The molecule has 0 fully saturated rings. The third kappa shape index (κ3) is 3.99. The summed E-state index contributed by atoms with van der Waals surface area (Å²) < 4.78 is 5.11. The van der Waals surface area contributed by atoms with Crippen LogP contribution in [0.3, 0.4) is 0 Å². The van der Waals surface area contributed by atoms with Crippen molar-refractivity contribution >= 4 is 34.5 Å². The largest absolute Gasteiger partial charge is 0.497 e. The molecule has 0 saturated carbocycles. The van der Waals surface area contributed by atoms with Crippen LogP contribution in [0.25, 0.3) is 0 Å². The molecule has 108 valence electrons. The number of nitrogens with two attached hydrogens (primary N) is 1. The molecular weight excluding hydrogens is 308 g/mol.